The van der Waals surface area contributed by atoms with Crippen LogP contribution in [0.1, 0.15) is 10.4 Å². The SMILES string of the molecule is O=C(N=C1S[C@H]2CS(=O)(=O)C[C@H]2N1c1ccc(Cl)cc1)c1cccc([N+](=O)[O-])c1. The summed E-state index contributed by atoms with van der Waals surface area (Å²) in [5, 5.41) is 11.6. The van der Waals surface area contributed by atoms with E-state index in [9.17, 15) is 23.3 Å². The smallest absolute Gasteiger partial charge is 0.279 e. The molecule has 4 rings (SSSR count). The van der Waals surface area contributed by atoms with Gasteiger partial charge in [0.15, 0.2) is 15.0 Å². The van der Waals surface area contributed by atoms with Crippen LogP contribution in [0.15, 0.2) is 53.5 Å². The van der Waals surface area contributed by atoms with Crippen molar-refractivity contribution in [2.45, 2.75) is 11.3 Å². The van der Waals surface area contributed by atoms with E-state index in [1.54, 1.807) is 29.2 Å². The predicted molar refractivity (Wildman–Crippen MR) is 113 cm³/mol. The summed E-state index contributed by atoms with van der Waals surface area (Å²) < 4.78 is 24.2. The van der Waals surface area contributed by atoms with E-state index in [-0.39, 0.29) is 34.0 Å². The highest BCUT2D eigenvalue weighted by Crippen LogP contribution is 2.41. The fourth-order valence-corrected chi connectivity index (χ4v) is 7.41. The van der Waals surface area contributed by atoms with E-state index >= 15 is 0 Å². The van der Waals surface area contributed by atoms with Gasteiger partial charge in [-0.1, -0.05) is 29.4 Å². The molecule has 2 atom stereocenters. The van der Waals surface area contributed by atoms with Gasteiger partial charge in [0.2, 0.25) is 0 Å². The molecule has 2 aliphatic heterocycles. The van der Waals surface area contributed by atoms with Crippen molar-refractivity contribution in [1.82, 2.24) is 0 Å². The summed E-state index contributed by atoms with van der Waals surface area (Å²) in [5.74, 6) is -0.647. The highest BCUT2D eigenvalue weighted by molar-refractivity contribution is 8.16. The lowest BCUT2D eigenvalue weighted by molar-refractivity contribution is -0.384. The minimum Gasteiger partial charge on any atom is -0.316 e. The van der Waals surface area contributed by atoms with Gasteiger partial charge in [0, 0.05) is 33.7 Å². The number of nitro groups is 1. The molecule has 0 N–H and O–H groups in total. The number of thioether (sulfide) groups is 1. The normalized spacial score (nSPS) is 23.9. The van der Waals surface area contributed by atoms with Gasteiger partial charge in [0.25, 0.3) is 11.6 Å². The van der Waals surface area contributed by atoms with Gasteiger partial charge in [0.1, 0.15) is 0 Å². The van der Waals surface area contributed by atoms with Crippen LogP contribution in [0.5, 0.6) is 0 Å². The summed E-state index contributed by atoms with van der Waals surface area (Å²) in [5.41, 5.74) is 0.567. The number of carbonyl (C=O) groups excluding carboxylic acids is 1. The predicted octanol–water partition coefficient (Wildman–Crippen LogP) is 3.16. The van der Waals surface area contributed by atoms with Crippen molar-refractivity contribution in [2.75, 3.05) is 16.4 Å². The summed E-state index contributed by atoms with van der Waals surface area (Å²) >= 11 is 7.19. The number of nitrogens with zero attached hydrogens (tertiary/aromatic N) is 3. The molecule has 150 valence electrons. The second-order valence-corrected chi connectivity index (χ2v) is 10.5. The van der Waals surface area contributed by atoms with Crippen molar-refractivity contribution in [3.05, 3.63) is 69.2 Å². The zero-order chi connectivity index (χ0) is 20.8. The van der Waals surface area contributed by atoms with Crippen molar-refractivity contribution in [3.8, 4) is 0 Å². The Bertz CT molecular complexity index is 1130. The number of benzene rings is 2. The van der Waals surface area contributed by atoms with Gasteiger partial charge < -0.3 is 4.90 Å². The van der Waals surface area contributed by atoms with Crippen LogP contribution in [0.2, 0.25) is 5.02 Å². The molecule has 0 radical (unpaired) electrons. The molecule has 29 heavy (non-hydrogen) atoms. The molecule has 0 aromatic heterocycles. The number of hydrogen-bond donors (Lipinski definition) is 0. The van der Waals surface area contributed by atoms with Crippen molar-refractivity contribution < 1.29 is 18.1 Å². The highest BCUT2D eigenvalue weighted by Gasteiger charge is 2.49. The number of amidine groups is 1. The molecule has 2 saturated heterocycles. The van der Waals surface area contributed by atoms with Crippen molar-refractivity contribution in [2.24, 2.45) is 4.99 Å². The van der Waals surface area contributed by atoms with Gasteiger partial charge in [-0.2, -0.15) is 4.99 Å². The lowest BCUT2D eigenvalue weighted by atomic mass is 10.2. The Morgan fingerprint density at radius 1 is 1.21 bits per heavy atom. The Morgan fingerprint density at radius 2 is 1.93 bits per heavy atom. The summed E-state index contributed by atoms with van der Waals surface area (Å²) in [6, 6.07) is 11.8. The summed E-state index contributed by atoms with van der Waals surface area (Å²) in [6.45, 7) is 0. The maximum Gasteiger partial charge on any atom is 0.279 e. The third-order valence-corrected chi connectivity index (χ3v) is 8.13. The average molecular weight is 452 g/mol. The number of nitro benzene ring substituents is 1. The van der Waals surface area contributed by atoms with Crippen LogP contribution >= 0.6 is 23.4 Å². The minimum atomic E-state index is -3.18. The summed E-state index contributed by atoms with van der Waals surface area (Å²) in [6.07, 6.45) is 0. The van der Waals surface area contributed by atoms with Crippen molar-refractivity contribution >= 4 is 55.6 Å². The van der Waals surface area contributed by atoms with Gasteiger partial charge in [-0.3, -0.25) is 14.9 Å². The molecule has 2 aliphatic rings. The Hall–Kier alpha value is -2.43. The molecule has 0 bridgehead atoms. The second-order valence-electron chi connectivity index (χ2n) is 6.65. The fourth-order valence-electron chi connectivity index (χ4n) is 3.37. The van der Waals surface area contributed by atoms with Crippen LogP contribution in [-0.2, 0) is 9.84 Å². The second kappa shape index (κ2) is 7.43. The number of carbonyl (C=O) groups is 1. The number of fused-ring (bicyclic) bond motifs is 1. The molecule has 2 aromatic carbocycles. The fraction of sp³-hybridized carbons (Fsp3) is 0.222. The van der Waals surface area contributed by atoms with E-state index in [4.69, 9.17) is 11.6 Å². The number of amides is 1. The Morgan fingerprint density at radius 3 is 2.62 bits per heavy atom. The number of non-ortho nitro benzene ring substituents is 1. The zero-order valence-electron chi connectivity index (χ0n) is 14.8. The van der Waals surface area contributed by atoms with E-state index in [1.165, 1.54) is 36.0 Å². The Balaban J connectivity index is 1.71. The number of hydrogen-bond acceptors (Lipinski definition) is 6. The average Bonchev–Trinajstić information content (AvgIpc) is 3.13. The molecule has 0 saturated carbocycles. The standard InChI is InChI=1S/C18H14ClN3O5S2/c19-12-4-6-13(7-5-12)21-15-9-29(26,27)10-16(15)28-18(21)20-17(23)11-2-1-3-14(8-11)22(24)25/h1-8,15-16H,9-10H2/t15-,16+/m1/s1. The molecule has 2 aromatic rings. The highest BCUT2D eigenvalue weighted by atomic mass is 35.5. The first-order valence-electron chi connectivity index (χ1n) is 8.53. The lowest BCUT2D eigenvalue weighted by Crippen LogP contribution is -2.37. The van der Waals surface area contributed by atoms with Crippen LogP contribution in [0.25, 0.3) is 0 Å². The first-order valence-corrected chi connectivity index (χ1v) is 11.6. The topological polar surface area (TPSA) is 110 Å². The van der Waals surface area contributed by atoms with E-state index in [2.05, 4.69) is 4.99 Å². The van der Waals surface area contributed by atoms with Gasteiger partial charge in [-0.15, -0.1) is 0 Å². The number of rotatable bonds is 3. The molecular weight excluding hydrogens is 438 g/mol. The molecule has 1 amide bonds. The molecule has 2 fully saturated rings. The largest absolute Gasteiger partial charge is 0.316 e. The van der Waals surface area contributed by atoms with Gasteiger partial charge >= 0.3 is 0 Å². The van der Waals surface area contributed by atoms with Gasteiger partial charge in [0.05, 0.1) is 22.5 Å². The number of aliphatic imine (C=N–C) groups is 1. The molecule has 11 heteroatoms. The summed E-state index contributed by atoms with van der Waals surface area (Å²) in [4.78, 5) is 29.0. The molecular formula is C18H14ClN3O5S2. The molecule has 8 nitrogen and oxygen atoms in total. The van der Waals surface area contributed by atoms with E-state index in [1.807, 2.05) is 0 Å². The minimum absolute atomic E-state index is 0.0104. The molecule has 0 spiro atoms. The van der Waals surface area contributed by atoms with Crippen LogP contribution in [0.4, 0.5) is 11.4 Å². The Labute approximate surface area is 175 Å². The third kappa shape index (κ3) is 4.00. The molecule has 0 aliphatic carbocycles. The van der Waals surface area contributed by atoms with Crippen LogP contribution in [0, 0.1) is 10.1 Å². The van der Waals surface area contributed by atoms with E-state index in [0.29, 0.717) is 15.9 Å². The van der Waals surface area contributed by atoms with Crippen LogP contribution in [0.3, 0.4) is 0 Å². The zero-order valence-corrected chi connectivity index (χ0v) is 17.2. The lowest BCUT2D eigenvalue weighted by Gasteiger charge is -2.24. The number of sulfone groups is 1. The van der Waals surface area contributed by atoms with E-state index in [0.717, 1.165) is 0 Å². The van der Waals surface area contributed by atoms with Crippen molar-refractivity contribution in [3.63, 3.8) is 0 Å². The van der Waals surface area contributed by atoms with Gasteiger partial charge in [-0.25, -0.2) is 8.42 Å². The summed E-state index contributed by atoms with van der Waals surface area (Å²) in [7, 11) is -3.18. The van der Waals surface area contributed by atoms with E-state index < -0.39 is 20.7 Å². The quantitative estimate of drug-likeness (QED) is 0.520. The maximum absolute atomic E-state index is 12.7. The van der Waals surface area contributed by atoms with Gasteiger partial charge in [-0.05, 0) is 30.3 Å². The first kappa shape index (κ1) is 19.9. The van der Waals surface area contributed by atoms with Crippen molar-refractivity contribution in [1.29, 1.82) is 0 Å². The molecule has 2 heterocycles. The third-order valence-electron chi connectivity index (χ3n) is 4.67. The van der Waals surface area contributed by atoms with Crippen LogP contribution < -0.4 is 4.90 Å². The monoisotopic (exact) mass is 451 g/mol. The Kier molecular flexibility index (Phi) is 5.09. The molecule has 0 unspecified atom stereocenters. The maximum atomic E-state index is 12.7. The number of halogens is 1. The first-order chi connectivity index (χ1) is 13.7. The van der Waals surface area contributed by atoms with Crippen LogP contribution in [-0.4, -0.2) is 47.2 Å². The number of anilines is 1.